The van der Waals surface area contributed by atoms with E-state index in [9.17, 15) is 0 Å². The molecule has 0 saturated heterocycles. The quantitative estimate of drug-likeness (QED) is 0.760. The van der Waals surface area contributed by atoms with Crippen LogP contribution in [0.1, 0.15) is 43.4 Å². The van der Waals surface area contributed by atoms with Crippen LogP contribution in [0.5, 0.6) is 0 Å². The molecule has 0 aromatic carbocycles. The predicted octanol–water partition coefficient (Wildman–Crippen LogP) is 3.78. The van der Waals surface area contributed by atoms with Gasteiger partial charge in [-0.05, 0) is 75.1 Å². The highest BCUT2D eigenvalue weighted by atomic mass is 15.2. The van der Waals surface area contributed by atoms with E-state index in [-0.39, 0.29) is 0 Å². The van der Waals surface area contributed by atoms with Crippen molar-refractivity contribution in [2.45, 2.75) is 51.5 Å². The average molecular weight is 335 g/mol. The molecule has 5 heteroatoms. The van der Waals surface area contributed by atoms with Crippen LogP contribution in [0.4, 0.5) is 0 Å². The molecule has 3 N–H and O–H groups in total. The summed E-state index contributed by atoms with van der Waals surface area (Å²) >= 11 is 0. The molecular formula is C20H25N5. The van der Waals surface area contributed by atoms with Crippen LogP contribution in [0, 0.1) is 12.8 Å². The van der Waals surface area contributed by atoms with E-state index in [2.05, 4.69) is 34.2 Å². The van der Waals surface area contributed by atoms with Gasteiger partial charge in [-0.25, -0.2) is 4.98 Å². The number of hydrogen-bond acceptors (Lipinski definition) is 4. The van der Waals surface area contributed by atoms with Crippen LogP contribution in [0.15, 0.2) is 30.5 Å². The van der Waals surface area contributed by atoms with Crippen molar-refractivity contribution in [3.05, 3.63) is 41.7 Å². The first-order valence-corrected chi connectivity index (χ1v) is 9.22. The minimum atomic E-state index is 0.419. The number of nitrogens with one attached hydrogen (secondary N) is 1. The van der Waals surface area contributed by atoms with E-state index in [0.29, 0.717) is 6.04 Å². The number of rotatable bonds is 4. The number of nitrogens with two attached hydrogens (primary N) is 1. The minimum absolute atomic E-state index is 0.419. The van der Waals surface area contributed by atoms with Gasteiger partial charge in [0.25, 0.3) is 0 Å². The zero-order valence-corrected chi connectivity index (χ0v) is 14.7. The van der Waals surface area contributed by atoms with Crippen LogP contribution < -0.4 is 5.73 Å². The van der Waals surface area contributed by atoms with Gasteiger partial charge in [0.05, 0.1) is 11.4 Å². The lowest BCUT2D eigenvalue weighted by atomic mass is 9.83. The zero-order valence-electron chi connectivity index (χ0n) is 14.7. The standard InChI is InChI=1S/C20H25N5/c1-13-4-10-16(11-7-14-5-8-15(21)9-6-14)23-18(13)19-17-3-2-12-22-20(17)25-24-19/h2-4,10,12,14-15H,5-9,11,21H2,1H3,(H,22,24,25). The summed E-state index contributed by atoms with van der Waals surface area (Å²) in [7, 11) is 0. The number of H-pyrrole nitrogens is 1. The molecular weight excluding hydrogens is 310 g/mol. The summed E-state index contributed by atoms with van der Waals surface area (Å²) in [5.74, 6) is 0.795. The van der Waals surface area contributed by atoms with Crippen molar-refractivity contribution in [3.8, 4) is 11.4 Å². The molecule has 1 saturated carbocycles. The van der Waals surface area contributed by atoms with Crippen LogP contribution >= 0.6 is 0 Å². The van der Waals surface area contributed by atoms with Crippen LogP contribution in [0.25, 0.3) is 22.4 Å². The molecule has 0 unspecified atom stereocenters. The second kappa shape index (κ2) is 6.92. The number of pyridine rings is 2. The number of aryl methyl sites for hydroxylation is 2. The largest absolute Gasteiger partial charge is 0.328 e. The Labute approximate surface area is 148 Å². The molecule has 0 radical (unpaired) electrons. The minimum Gasteiger partial charge on any atom is -0.328 e. The Bertz CT molecular complexity index is 861. The lowest BCUT2D eigenvalue weighted by Crippen LogP contribution is -2.26. The van der Waals surface area contributed by atoms with E-state index in [4.69, 9.17) is 10.7 Å². The van der Waals surface area contributed by atoms with Crippen molar-refractivity contribution in [1.29, 1.82) is 0 Å². The Morgan fingerprint density at radius 1 is 1.16 bits per heavy atom. The topological polar surface area (TPSA) is 80.5 Å². The van der Waals surface area contributed by atoms with Crippen molar-refractivity contribution >= 4 is 11.0 Å². The summed E-state index contributed by atoms with van der Waals surface area (Å²) in [5.41, 5.74) is 11.0. The number of nitrogens with zero attached hydrogens (tertiary/aromatic N) is 3. The number of aromatic nitrogens is 4. The first kappa shape index (κ1) is 16.2. The van der Waals surface area contributed by atoms with Crippen molar-refractivity contribution in [2.75, 3.05) is 0 Å². The fourth-order valence-corrected chi connectivity index (χ4v) is 3.82. The van der Waals surface area contributed by atoms with Gasteiger partial charge < -0.3 is 5.73 Å². The Hall–Kier alpha value is -2.27. The molecule has 3 aromatic rings. The molecule has 3 aromatic heterocycles. The summed E-state index contributed by atoms with van der Waals surface area (Å²) in [5, 5.41) is 8.45. The van der Waals surface area contributed by atoms with Crippen molar-refractivity contribution in [2.24, 2.45) is 11.7 Å². The molecule has 0 aliphatic heterocycles. The van der Waals surface area contributed by atoms with Gasteiger partial charge in [-0.15, -0.1) is 0 Å². The van der Waals surface area contributed by atoms with Gasteiger partial charge in [0.15, 0.2) is 5.65 Å². The SMILES string of the molecule is Cc1ccc(CCC2CCC(N)CC2)nc1-c1[nH]nc2ncccc12. The van der Waals surface area contributed by atoms with Gasteiger partial charge in [0.1, 0.15) is 0 Å². The van der Waals surface area contributed by atoms with Gasteiger partial charge in [0.2, 0.25) is 0 Å². The van der Waals surface area contributed by atoms with Crippen molar-refractivity contribution in [1.82, 2.24) is 20.2 Å². The lowest BCUT2D eigenvalue weighted by molar-refractivity contribution is 0.310. The van der Waals surface area contributed by atoms with E-state index < -0.39 is 0 Å². The highest BCUT2D eigenvalue weighted by molar-refractivity contribution is 5.90. The Morgan fingerprint density at radius 3 is 2.84 bits per heavy atom. The second-order valence-electron chi connectivity index (χ2n) is 7.26. The fraction of sp³-hybridized carbons (Fsp3) is 0.450. The van der Waals surface area contributed by atoms with Gasteiger partial charge in [-0.2, -0.15) is 5.10 Å². The molecule has 1 aliphatic rings. The predicted molar refractivity (Wildman–Crippen MR) is 100 cm³/mol. The fourth-order valence-electron chi connectivity index (χ4n) is 3.82. The third kappa shape index (κ3) is 3.42. The van der Waals surface area contributed by atoms with E-state index in [0.717, 1.165) is 46.0 Å². The smallest absolute Gasteiger partial charge is 0.181 e. The maximum Gasteiger partial charge on any atom is 0.181 e. The summed E-state index contributed by atoms with van der Waals surface area (Å²) in [6, 6.07) is 8.72. The van der Waals surface area contributed by atoms with E-state index in [1.165, 1.54) is 32.1 Å². The molecule has 3 heterocycles. The Kier molecular flexibility index (Phi) is 4.49. The highest BCUT2D eigenvalue weighted by Gasteiger charge is 2.19. The Balaban J connectivity index is 1.55. The Morgan fingerprint density at radius 2 is 2.00 bits per heavy atom. The third-order valence-corrected chi connectivity index (χ3v) is 5.42. The molecule has 130 valence electrons. The number of hydrogen-bond donors (Lipinski definition) is 2. The van der Waals surface area contributed by atoms with Gasteiger partial charge >= 0.3 is 0 Å². The van der Waals surface area contributed by atoms with Crippen LogP contribution in [0.2, 0.25) is 0 Å². The molecule has 5 nitrogen and oxygen atoms in total. The number of fused-ring (bicyclic) bond motifs is 1. The lowest BCUT2D eigenvalue weighted by Gasteiger charge is -2.25. The molecule has 4 rings (SSSR count). The van der Waals surface area contributed by atoms with Crippen molar-refractivity contribution in [3.63, 3.8) is 0 Å². The van der Waals surface area contributed by atoms with Crippen molar-refractivity contribution < 1.29 is 0 Å². The normalized spacial score (nSPS) is 20.9. The molecule has 1 aliphatic carbocycles. The van der Waals surface area contributed by atoms with Crippen LogP contribution in [-0.4, -0.2) is 26.2 Å². The molecule has 0 atom stereocenters. The van der Waals surface area contributed by atoms with E-state index >= 15 is 0 Å². The van der Waals surface area contributed by atoms with Crippen LogP contribution in [0.3, 0.4) is 0 Å². The maximum atomic E-state index is 6.01. The number of aromatic amines is 1. The summed E-state index contributed by atoms with van der Waals surface area (Å²) < 4.78 is 0. The molecule has 0 amide bonds. The van der Waals surface area contributed by atoms with Crippen LogP contribution in [-0.2, 0) is 6.42 Å². The highest BCUT2D eigenvalue weighted by Crippen LogP contribution is 2.29. The van der Waals surface area contributed by atoms with Gasteiger partial charge in [-0.3, -0.25) is 10.1 Å². The summed E-state index contributed by atoms with van der Waals surface area (Å²) in [6.45, 7) is 2.09. The monoisotopic (exact) mass is 335 g/mol. The molecule has 0 bridgehead atoms. The van der Waals surface area contributed by atoms with Gasteiger partial charge in [-0.1, -0.05) is 6.07 Å². The summed E-state index contributed by atoms with van der Waals surface area (Å²) in [4.78, 5) is 9.24. The zero-order chi connectivity index (χ0) is 17.2. The van der Waals surface area contributed by atoms with Gasteiger partial charge in [0, 0.05) is 23.3 Å². The molecule has 0 spiro atoms. The molecule has 25 heavy (non-hydrogen) atoms. The third-order valence-electron chi connectivity index (χ3n) is 5.42. The van der Waals surface area contributed by atoms with E-state index in [1.54, 1.807) is 6.20 Å². The first-order chi connectivity index (χ1) is 12.2. The second-order valence-corrected chi connectivity index (χ2v) is 7.26. The average Bonchev–Trinajstić information content (AvgIpc) is 3.06. The summed E-state index contributed by atoms with van der Waals surface area (Å²) in [6.07, 6.45) is 8.85. The first-order valence-electron chi connectivity index (χ1n) is 9.22. The maximum absolute atomic E-state index is 6.01. The van der Waals surface area contributed by atoms with E-state index in [1.807, 2.05) is 12.1 Å². The molecule has 1 fully saturated rings.